The van der Waals surface area contributed by atoms with E-state index in [0.29, 0.717) is 38.3 Å². The number of amides is 3. The summed E-state index contributed by atoms with van der Waals surface area (Å²) in [5.74, 6) is -1.79. The summed E-state index contributed by atoms with van der Waals surface area (Å²) in [5.41, 5.74) is -0.625. The van der Waals surface area contributed by atoms with Gasteiger partial charge in [-0.15, -0.1) is 17.9 Å². The van der Waals surface area contributed by atoms with Gasteiger partial charge in [0.2, 0.25) is 11.8 Å². The predicted molar refractivity (Wildman–Crippen MR) is 214 cm³/mol. The van der Waals surface area contributed by atoms with Crippen LogP contribution in [0.4, 0.5) is 9.93 Å². The Bertz CT molecular complexity index is 1960. The van der Waals surface area contributed by atoms with Gasteiger partial charge in [0.05, 0.1) is 29.3 Å². The largest absolute Gasteiger partial charge is 0.495 e. The molecule has 2 aliphatic rings. The third-order valence-electron chi connectivity index (χ3n) is 10.0. The number of anilines is 1. The van der Waals surface area contributed by atoms with E-state index in [1.807, 2.05) is 39.1 Å². The number of fused-ring (bicyclic) bond motifs is 1. The summed E-state index contributed by atoms with van der Waals surface area (Å²) in [6.45, 7) is 18.7. The number of nitrogens with zero attached hydrogens (tertiary/aromatic N) is 3. The Labute approximate surface area is 333 Å². The Kier molecular flexibility index (Phi) is 12.4. The first-order valence-corrected chi connectivity index (χ1v) is 20.0. The van der Waals surface area contributed by atoms with E-state index in [1.54, 1.807) is 46.9 Å². The van der Waals surface area contributed by atoms with Crippen LogP contribution < -0.4 is 25.4 Å². The average Bonchev–Trinajstić information content (AvgIpc) is 3.38. The molecule has 1 aromatic carbocycles. The molecule has 5 rings (SSSR count). The molecule has 298 valence electrons. The van der Waals surface area contributed by atoms with Gasteiger partial charge in [0.1, 0.15) is 47.0 Å². The molecule has 4 N–H and O–H groups in total. The van der Waals surface area contributed by atoms with E-state index in [0.717, 1.165) is 5.13 Å². The zero-order chi connectivity index (χ0) is 40.6. The van der Waals surface area contributed by atoms with Gasteiger partial charge in [-0.1, -0.05) is 40.7 Å². The lowest BCUT2D eigenvalue weighted by molar-refractivity contribution is -0.146. The number of halogens is 1. The van der Waals surface area contributed by atoms with Crippen LogP contribution in [0.3, 0.4) is 0 Å². The second-order valence-electron chi connectivity index (χ2n) is 15.9. The normalized spacial score (nSPS) is 21.9. The van der Waals surface area contributed by atoms with E-state index >= 15 is 0 Å². The Hall–Kier alpha value is -4.44. The van der Waals surface area contributed by atoms with Crippen molar-refractivity contribution in [3.63, 3.8) is 0 Å². The minimum absolute atomic E-state index is 0.0351. The molecule has 6 atom stereocenters. The highest BCUT2D eigenvalue weighted by atomic mass is 79.9. The van der Waals surface area contributed by atoms with Gasteiger partial charge in [0.15, 0.2) is 5.13 Å². The van der Waals surface area contributed by atoms with Gasteiger partial charge in [0, 0.05) is 35.2 Å². The summed E-state index contributed by atoms with van der Waals surface area (Å²) >= 11 is 5.09. The highest BCUT2D eigenvalue weighted by molar-refractivity contribution is 9.10. The van der Waals surface area contributed by atoms with Crippen LogP contribution in [0, 0.1) is 17.3 Å². The van der Waals surface area contributed by atoms with Gasteiger partial charge in [-0.05, 0) is 66.6 Å². The van der Waals surface area contributed by atoms with Crippen LogP contribution in [0.25, 0.3) is 22.3 Å². The van der Waals surface area contributed by atoms with E-state index in [9.17, 15) is 24.3 Å². The average molecular weight is 844 g/mol. The lowest BCUT2D eigenvalue weighted by Gasteiger charge is -2.35. The number of rotatable bonds is 14. The zero-order valence-corrected chi connectivity index (χ0v) is 35.1. The number of carboxylic acid groups (broad SMARTS) is 1. The molecule has 0 radical (unpaired) electrons. The van der Waals surface area contributed by atoms with Crippen molar-refractivity contribution in [3.8, 4) is 22.9 Å². The van der Waals surface area contributed by atoms with Crippen molar-refractivity contribution in [2.24, 2.45) is 17.3 Å². The first-order chi connectivity index (χ1) is 25.8. The van der Waals surface area contributed by atoms with Crippen molar-refractivity contribution >= 4 is 67.2 Å². The Morgan fingerprint density at radius 2 is 1.82 bits per heavy atom. The molecule has 0 spiro atoms. The number of aromatic nitrogens is 2. The Morgan fingerprint density at radius 1 is 1.11 bits per heavy atom. The number of carbonyl (C=O) groups is 4. The molecular formula is C39H51BrN6O8S. The summed E-state index contributed by atoms with van der Waals surface area (Å²) in [4.78, 5) is 65.2. The van der Waals surface area contributed by atoms with Crippen LogP contribution in [0.15, 0.2) is 40.7 Å². The highest BCUT2D eigenvalue weighted by Crippen LogP contribution is 2.45. The number of alkyl carbamates (subject to hydrolysis) is 1. The van der Waals surface area contributed by atoms with Gasteiger partial charge in [0.25, 0.3) is 0 Å². The number of pyridine rings is 1. The van der Waals surface area contributed by atoms with Crippen LogP contribution in [-0.2, 0) is 19.1 Å². The van der Waals surface area contributed by atoms with Crippen LogP contribution in [0.1, 0.15) is 68.2 Å². The summed E-state index contributed by atoms with van der Waals surface area (Å²) in [6, 6.07) is 3.33. The number of thiazole rings is 1. The number of ether oxygens (including phenoxy) is 3. The molecule has 16 heteroatoms. The fraction of sp³-hybridized carbons (Fsp3) is 0.538. The second-order valence-corrected chi connectivity index (χ2v) is 17.6. The molecule has 55 heavy (non-hydrogen) atoms. The topological polar surface area (TPSA) is 181 Å². The highest BCUT2D eigenvalue weighted by Gasteiger charge is 2.61. The lowest BCUT2D eigenvalue weighted by atomic mass is 9.85. The fourth-order valence-corrected chi connectivity index (χ4v) is 7.89. The third-order valence-corrected chi connectivity index (χ3v) is 11.6. The van der Waals surface area contributed by atoms with Crippen molar-refractivity contribution in [1.82, 2.24) is 25.5 Å². The maximum absolute atomic E-state index is 14.6. The summed E-state index contributed by atoms with van der Waals surface area (Å²) in [7, 11) is 1.56. The minimum atomic E-state index is -1.52. The van der Waals surface area contributed by atoms with Crippen molar-refractivity contribution in [2.75, 3.05) is 19.0 Å². The lowest BCUT2D eigenvalue weighted by Crippen LogP contribution is -2.59. The molecule has 3 aromatic rings. The number of hydrogen-bond donors (Lipinski definition) is 4. The fourth-order valence-electron chi connectivity index (χ4n) is 6.44. The predicted octanol–water partition coefficient (Wildman–Crippen LogP) is 6.63. The molecule has 1 unspecified atom stereocenters. The number of carbonyl (C=O) groups excluding carboxylic acids is 3. The molecule has 3 amide bonds. The van der Waals surface area contributed by atoms with Gasteiger partial charge in [-0.3, -0.25) is 9.59 Å². The quantitative estimate of drug-likeness (QED) is 0.128. The molecule has 2 fully saturated rings. The second kappa shape index (κ2) is 16.3. The van der Waals surface area contributed by atoms with Crippen molar-refractivity contribution < 1.29 is 38.5 Å². The number of benzene rings is 1. The van der Waals surface area contributed by atoms with Gasteiger partial charge in [-0.2, -0.15) is 0 Å². The molecule has 0 bridgehead atoms. The summed E-state index contributed by atoms with van der Waals surface area (Å²) in [6.07, 6.45) is -0.178. The summed E-state index contributed by atoms with van der Waals surface area (Å²) in [5, 5.41) is 22.1. The van der Waals surface area contributed by atoms with Crippen LogP contribution in [0.5, 0.6) is 11.5 Å². The zero-order valence-electron chi connectivity index (χ0n) is 32.7. The van der Waals surface area contributed by atoms with E-state index in [4.69, 9.17) is 24.2 Å². The van der Waals surface area contributed by atoms with Gasteiger partial charge >= 0.3 is 12.1 Å². The minimum Gasteiger partial charge on any atom is -0.495 e. The van der Waals surface area contributed by atoms with E-state index in [1.165, 1.54) is 22.3 Å². The van der Waals surface area contributed by atoms with Crippen molar-refractivity contribution in [1.29, 1.82) is 0 Å². The summed E-state index contributed by atoms with van der Waals surface area (Å²) < 4.78 is 18.4. The smallest absolute Gasteiger partial charge is 0.408 e. The molecule has 1 aliphatic carbocycles. The monoisotopic (exact) mass is 842 g/mol. The van der Waals surface area contributed by atoms with Crippen molar-refractivity contribution in [2.45, 2.75) is 104 Å². The maximum atomic E-state index is 14.6. The number of methoxy groups -OCH3 is 1. The molecule has 1 saturated carbocycles. The first kappa shape index (κ1) is 41.7. The van der Waals surface area contributed by atoms with Gasteiger partial charge in [-0.25, -0.2) is 19.6 Å². The molecule has 2 aromatic heterocycles. The standard InChI is InChI=1S/C39H51BrN6O8S/c1-11-22-16-39(22,35(49)50)45-33(47)27-14-23(17-46(27)34(48)32(38(7,8)9)44-37(51)53-21(6)19(2)3)54-29-15-25(26-18-55-36(43-26)41-20(4)5)42-31-24(29)12-13-28(52-10)30(31)40/h11-13,15,18-23,27,32H,1,14,16-17H2,2-10H3,(H,41,43)(H,44,51)(H,45,47)(H,49,50)/t21?,22-,23-,27+,32-,39-/m1/s1. The molecule has 1 aliphatic heterocycles. The SMILES string of the molecule is C=C[C@@H]1C[C@]1(NC(=O)[C@@H]1C[C@@H](Oc2cc(-c3csc(NC(C)C)n3)nc3c(Br)c(OC)ccc23)CN1C(=O)[C@@H](NC(=O)OC(C)C(C)C)C(C)(C)C)C(=O)O. The van der Waals surface area contributed by atoms with E-state index in [2.05, 4.69) is 38.5 Å². The number of nitrogens with one attached hydrogen (secondary N) is 3. The number of carboxylic acids is 1. The molecule has 1 saturated heterocycles. The van der Waals surface area contributed by atoms with Crippen LogP contribution >= 0.6 is 27.3 Å². The number of aliphatic carboxylic acids is 1. The molecular weight excluding hydrogens is 792 g/mol. The molecule has 3 heterocycles. The van der Waals surface area contributed by atoms with Gasteiger partial charge < -0.3 is 40.2 Å². The number of hydrogen-bond acceptors (Lipinski definition) is 11. The number of likely N-dealkylation sites (tertiary alicyclic amines) is 1. The van der Waals surface area contributed by atoms with Crippen LogP contribution in [0.2, 0.25) is 0 Å². The maximum Gasteiger partial charge on any atom is 0.408 e. The third kappa shape index (κ3) is 9.01. The van der Waals surface area contributed by atoms with E-state index < -0.39 is 65.0 Å². The molecule has 14 nitrogen and oxygen atoms in total. The van der Waals surface area contributed by atoms with E-state index in [-0.39, 0.29) is 31.3 Å². The van der Waals surface area contributed by atoms with Crippen LogP contribution in [-0.4, -0.2) is 93.4 Å². The first-order valence-electron chi connectivity index (χ1n) is 18.3. The Balaban J connectivity index is 1.52. The van der Waals surface area contributed by atoms with Crippen molar-refractivity contribution in [3.05, 3.63) is 40.7 Å². The Morgan fingerprint density at radius 3 is 2.40 bits per heavy atom.